The van der Waals surface area contributed by atoms with Crippen molar-refractivity contribution in [2.45, 2.75) is 18.4 Å². The topological polar surface area (TPSA) is 94.9 Å². The number of ketones is 1. The number of carbonyl (C=O) groups excluding carboxylic acids is 1. The summed E-state index contributed by atoms with van der Waals surface area (Å²) in [5.74, 6) is 1.66. The number of benzene rings is 2. The number of oxazole rings is 1. The van der Waals surface area contributed by atoms with Gasteiger partial charge >= 0.3 is 0 Å². The minimum absolute atomic E-state index is 0.0497. The maximum Gasteiger partial charge on any atom is 0.227 e. The van der Waals surface area contributed by atoms with Crippen LogP contribution in [0.1, 0.15) is 22.8 Å². The maximum absolute atomic E-state index is 11.6. The lowest BCUT2D eigenvalue weighted by Gasteiger charge is -2.07. The lowest BCUT2D eigenvalue weighted by Crippen LogP contribution is -2.33. The van der Waals surface area contributed by atoms with Gasteiger partial charge in [-0.3, -0.25) is 4.79 Å². The number of rotatable bonds is 9. The second-order valence-electron chi connectivity index (χ2n) is 7.14. The van der Waals surface area contributed by atoms with Gasteiger partial charge < -0.3 is 9.15 Å². The third kappa shape index (κ3) is 5.47. The van der Waals surface area contributed by atoms with E-state index in [1.807, 2.05) is 59.4 Å². The van der Waals surface area contributed by atoms with E-state index < -0.39 is 0 Å². The molecule has 0 bridgehead atoms. The van der Waals surface area contributed by atoms with E-state index in [0.29, 0.717) is 34.4 Å². The quantitative estimate of drug-likeness (QED) is 0.122. The highest BCUT2D eigenvalue weighted by Gasteiger charge is 2.14. The van der Waals surface area contributed by atoms with Crippen molar-refractivity contribution in [2.75, 3.05) is 7.11 Å². The second kappa shape index (κ2) is 10.4. The summed E-state index contributed by atoms with van der Waals surface area (Å²) in [7, 11) is 1.53. The molecule has 0 aliphatic heterocycles. The fraction of sp³-hybridized carbons (Fsp3) is 0.125. The molecular formula is C24H21N2O6S+. The molecular weight excluding hydrogens is 444 g/mol. The smallest absolute Gasteiger partial charge is 0.227 e. The summed E-state index contributed by atoms with van der Waals surface area (Å²) in [5.41, 5.74) is 3.33. The molecule has 2 aromatic heterocycles. The second-order valence-corrected chi connectivity index (χ2v) is 7.88. The summed E-state index contributed by atoms with van der Waals surface area (Å²) < 4.78 is 17.8. The number of nitrogens with zero attached hydrogens (tertiary/aromatic N) is 2. The molecule has 0 aliphatic rings. The predicted octanol–water partition coefficient (Wildman–Crippen LogP) is 4.98. The minimum Gasteiger partial charge on any atom is -0.495 e. The number of Topliss-reactive ketones (excluding diaryl/α,β-unsaturated/α-hetero) is 1. The van der Waals surface area contributed by atoms with Crippen LogP contribution in [0.4, 0.5) is 0 Å². The van der Waals surface area contributed by atoms with Crippen LogP contribution in [-0.4, -0.2) is 23.1 Å². The van der Waals surface area contributed by atoms with Gasteiger partial charge in [-0.05, 0) is 31.2 Å². The van der Waals surface area contributed by atoms with Crippen LogP contribution in [0.25, 0.3) is 22.8 Å². The Hall–Kier alpha value is -3.50. The molecule has 9 heteroatoms. The first-order valence-corrected chi connectivity index (χ1v) is 10.7. The molecule has 2 heterocycles. The number of carbonyl (C=O) groups is 1. The van der Waals surface area contributed by atoms with Gasteiger partial charge in [-0.15, -0.1) is 4.33 Å². The Morgan fingerprint density at radius 1 is 1.12 bits per heavy atom. The Morgan fingerprint density at radius 3 is 2.67 bits per heavy atom. The summed E-state index contributed by atoms with van der Waals surface area (Å²) in [6.45, 7) is 2.21. The van der Waals surface area contributed by atoms with Gasteiger partial charge in [0, 0.05) is 34.4 Å². The molecule has 0 atom stereocenters. The van der Waals surface area contributed by atoms with Crippen LogP contribution in [0, 0.1) is 0 Å². The predicted molar refractivity (Wildman–Crippen MR) is 120 cm³/mol. The van der Waals surface area contributed by atoms with Gasteiger partial charge in [-0.1, -0.05) is 23.2 Å². The van der Waals surface area contributed by atoms with Crippen molar-refractivity contribution in [3.8, 4) is 28.5 Å². The molecule has 0 aliphatic carbocycles. The highest BCUT2D eigenvalue weighted by molar-refractivity contribution is 7.94. The van der Waals surface area contributed by atoms with Crippen molar-refractivity contribution < 1.29 is 33.1 Å². The zero-order valence-corrected chi connectivity index (χ0v) is 18.7. The normalized spacial score (nSPS) is 10.9. The van der Waals surface area contributed by atoms with E-state index in [-0.39, 0.29) is 5.78 Å². The highest BCUT2D eigenvalue weighted by Crippen LogP contribution is 2.35. The Kier molecular flexibility index (Phi) is 7.16. The van der Waals surface area contributed by atoms with Gasteiger partial charge in [-0.25, -0.2) is 14.8 Å². The zero-order valence-electron chi connectivity index (χ0n) is 17.9. The first-order valence-electron chi connectivity index (χ1n) is 9.95. The molecule has 0 saturated carbocycles. The molecule has 0 unspecified atom stereocenters. The van der Waals surface area contributed by atoms with Crippen molar-refractivity contribution in [1.82, 2.24) is 4.98 Å². The molecule has 33 heavy (non-hydrogen) atoms. The number of hydrogen-bond donors (Lipinski definition) is 1. The van der Waals surface area contributed by atoms with Crippen LogP contribution < -0.4 is 9.30 Å². The van der Waals surface area contributed by atoms with Gasteiger partial charge in [0.05, 0.1) is 30.2 Å². The molecule has 4 aromatic rings. The SMILES string of the molecule is COc1ccc(-c2cnc(-c3cc[n+](Cc4cccc(C(C)=O)c4)cc3)o2)cc1SOOO. The van der Waals surface area contributed by atoms with Crippen LogP contribution in [0.3, 0.4) is 0 Å². The zero-order chi connectivity index (χ0) is 23.2. The fourth-order valence-electron chi connectivity index (χ4n) is 3.29. The lowest BCUT2D eigenvalue weighted by molar-refractivity contribution is -0.688. The summed E-state index contributed by atoms with van der Waals surface area (Å²) in [5, 5.41) is 12.1. The Morgan fingerprint density at radius 2 is 1.94 bits per heavy atom. The average molecular weight is 466 g/mol. The molecule has 0 amide bonds. The summed E-state index contributed by atoms with van der Waals surface area (Å²) in [6, 6.07) is 16.8. The minimum atomic E-state index is 0.0497. The molecule has 8 nitrogen and oxygen atoms in total. The maximum atomic E-state index is 11.6. The molecule has 1 N–H and O–H groups in total. The molecule has 0 spiro atoms. The first-order chi connectivity index (χ1) is 16.1. The summed E-state index contributed by atoms with van der Waals surface area (Å²) >= 11 is 0.807. The Labute approximate surface area is 194 Å². The van der Waals surface area contributed by atoms with Crippen LogP contribution in [-0.2, 0) is 15.9 Å². The van der Waals surface area contributed by atoms with Crippen molar-refractivity contribution in [3.63, 3.8) is 0 Å². The molecule has 2 aromatic carbocycles. The molecule has 0 saturated heterocycles. The van der Waals surface area contributed by atoms with Crippen LogP contribution in [0.15, 0.2) is 82.5 Å². The summed E-state index contributed by atoms with van der Waals surface area (Å²) in [6.07, 6.45) is 5.52. The van der Waals surface area contributed by atoms with E-state index in [9.17, 15) is 4.79 Å². The van der Waals surface area contributed by atoms with Crippen LogP contribution in [0.5, 0.6) is 5.75 Å². The van der Waals surface area contributed by atoms with Gasteiger partial charge in [-0.2, -0.15) is 0 Å². The summed E-state index contributed by atoms with van der Waals surface area (Å²) in [4.78, 5) is 16.6. The number of hydrogen-bond acceptors (Lipinski definition) is 8. The van der Waals surface area contributed by atoms with Gasteiger partial charge in [0.15, 0.2) is 30.5 Å². The monoisotopic (exact) mass is 465 g/mol. The molecule has 168 valence electrons. The van der Waals surface area contributed by atoms with Gasteiger partial charge in [0.1, 0.15) is 5.75 Å². The highest BCUT2D eigenvalue weighted by atomic mass is 32.2. The Bertz CT molecular complexity index is 1260. The average Bonchev–Trinajstić information content (AvgIpc) is 3.33. The number of aromatic nitrogens is 2. The van der Waals surface area contributed by atoms with E-state index in [1.54, 1.807) is 25.3 Å². The van der Waals surface area contributed by atoms with Gasteiger partial charge in [0.2, 0.25) is 5.89 Å². The van der Waals surface area contributed by atoms with E-state index >= 15 is 0 Å². The van der Waals surface area contributed by atoms with Crippen molar-refractivity contribution in [1.29, 1.82) is 0 Å². The molecule has 0 fully saturated rings. The first kappa shape index (κ1) is 22.7. The fourth-order valence-corrected chi connectivity index (χ4v) is 3.81. The Balaban J connectivity index is 1.51. The standard InChI is InChI=1S/C24H20N2O6S/c1-16(27)19-5-3-4-17(12-19)15-26-10-8-18(9-11-26)24-25-14-22(30-24)20-6-7-21(29-2)23(13-20)33-32-31-28/h3-14H,15H2,1-2H3/p+1. The van der Waals surface area contributed by atoms with Crippen molar-refractivity contribution >= 4 is 17.8 Å². The van der Waals surface area contributed by atoms with E-state index in [1.165, 1.54) is 7.11 Å². The number of pyridine rings is 1. The number of ether oxygens (including phenoxy) is 1. The largest absolute Gasteiger partial charge is 0.495 e. The van der Waals surface area contributed by atoms with Crippen molar-refractivity contribution in [3.05, 3.63) is 84.3 Å². The van der Waals surface area contributed by atoms with Crippen LogP contribution in [0.2, 0.25) is 0 Å². The van der Waals surface area contributed by atoms with Crippen LogP contribution >= 0.6 is 12.0 Å². The van der Waals surface area contributed by atoms with E-state index in [2.05, 4.69) is 14.4 Å². The van der Waals surface area contributed by atoms with Crippen molar-refractivity contribution in [2.24, 2.45) is 0 Å². The van der Waals surface area contributed by atoms with Gasteiger partial charge in [0.25, 0.3) is 0 Å². The van der Waals surface area contributed by atoms with E-state index in [4.69, 9.17) is 14.4 Å². The molecule has 0 radical (unpaired) electrons. The number of methoxy groups -OCH3 is 1. The third-order valence-electron chi connectivity index (χ3n) is 4.94. The van der Waals surface area contributed by atoms with E-state index in [0.717, 1.165) is 28.7 Å². The third-order valence-corrected chi connectivity index (χ3v) is 5.57. The lowest BCUT2D eigenvalue weighted by atomic mass is 10.1. The molecule has 4 rings (SSSR count).